The van der Waals surface area contributed by atoms with Crippen LogP contribution in [0.15, 0.2) is 6.20 Å². The number of nitrogen functional groups attached to an aromatic ring is 1. The van der Waals surface area contributed by atoms with E-state index >= 15 is 0 Å². The molecule has 1 aliphatic rings. The molecule has 1 fully saturated rings. The number of rotatable bonds is 4. The van der Waals surface area contributed by atoms with Crippen molar-refractivity contribution in [1.29, 1.82) is 0 Å². The van der Waals surface area contributed by atoms with E-state index in [1.165, 1.54) is 17.7 Å². The molecule has 2 N–H and O–H groups in total. The summed E-state index contributed by atoms with van der Waals surface area (Å²) >= 11 is 1.59. The molecule has 1 aliphatic carbocycles. The molecule has 1 aromatic rings. The normalized spacial score (nSPS) is 18.8. The number of nitrogens with zero attached hydrogens (tertiary/aromatic N) is 2. The first-order valence-electron chi connectivity index (χ1n) is 5.07. The lowest BCUT2D eigenvalue weighted by molar-refractivity contribution is 0.228. The topological polar surface area (TPSA) is 42.2 Å². The standard InChI is InChI=1S/C10H17N3S/c1-7(8-3-4-8)13(2)6-9-5-12-10(11)14-9/h5,7-8H,3-4,6H2,1-2H3,(H2,11,12). The maximum atomic E-state index is 5.59. The Bertz CT molecular complexity index is 306. The molecule has 1 heterocycles. The van der Waals surface area contributed by atoms with Crippen LogP contribution in [0, 0.1) is 5.92 Å². The van der Waals surface area contributed by atoms with E-state index in [1.807, 2.05) is 6.20 Å². The van der Waals surface area contributed by atoms with Crippen LogP contribution in [0.2, 0.25) is 0 Å². The number of thiazole rings is 1. The van der Waals surface area contributed by atoms with Crippen molar-refractivity contribution in [3.8, 4) is 0 Å². The Morgan fingerprint density at radius 1 is 1.71 bits per heavy atom. The molecular formula is C10H17N3S. The third-order valence-corrected chi connectivity index (χ3v) is 3.79. The highest BCUT2D eigenvalue weighted by atomic mass is 32.1. The summed E-state index contributed by atoms with van der Waals surface area (Å²) in [6.07, 6.45) is 4.68. The van der Waals surface area contributed by atoms with Crippen LogP contribution in [-0.4, -0.2) is 23.0 Å². The Labute approximate surface area is 88.9 Å². The van der Waals surface area contributed by atoms with Crippen LogP contribution in [-0.2, 0) is 6.54 Å². The first kappa shape index (κ1) is 9.93. The average Bonchev–Trinajstić information content (AvgIpc) is 2.91. The summed E-state index contributed by atoms with van der Waals surface area (Å²) in [5, 5.41) is 0.674. The average molecular weight is 211 g/mol. The van der Waals surface area contributed by atoms with Crippen molar-refractivity contribution in [2.24, 2.45) is 5.92 Å². The quantitative estimate of drug-likeness (QED) is 0.827. The maximum Gasteiger partial charge on any atom is 0.180 e. The minimum absolute atomic E-state index is 0.674. The number of aromatic nitrogens is 1. The Balaban J connectivity index is 1.89. The second-order valence-electron chi connectivity index (χ2n) is 4.16. The van der Waals surface area contributed by atoms with Gasteiger partial charge in [0.2, 0.25) is 0 Å². The molecule has 78 valence electrons. The molecule has 0 spiro atoms. The first-order chi connectivity index (χ1) is 6.66. The summed E-state index contributed by atoms with van der Waals surface area (Å²) in [5.74, 6) is 0.922. The predicted octanol–water partition coefficient (Wildman–Crippen LogP) is 1.96. The Morgan fingerprint density at radius 2 is 2.43 bits per heavy atom. The molecule has 0 aliphatic heterocycles. The van der Waals surface area contributed by atoms with Gasteiger partial charge in [0.05, 0.1) is 0 Å². The van der Waals surface area contributed by atoms with E-state index in [9.17, 15) is 0 Å². The molecule has 0 bridgehead atoms. The number of nitrogens with two attached hydrogens (primary N) is 1. The highest BCUT2D eigenvalue weighted by Crippen LogP contribution is 2.35. The highest BCUT2D eigenvalue weighted by molar-refractivity contribution is 7.15. The van der Waals surface area contributed by atoms with Gasteiger partial charge in [-0.2, -0.15) is 0 Å². The van der Waals surface area contributed by atoms with Gasteiger partial charge in [-0.3, -0.25) is 4.90 Å². The lowest BCUT2D eigenvalue weighted by Crippen LogP contribution is -2.29. The maximum absolute atomic E-state index is 5.59. The molecule has 0 saturated heterocycles. The van der Waals surface area contributed by atoms with Crippen LogP contribution >= 0.6 is 11.3 Å². The molecule has 1 unspecified atom stereocenters. The van der Waals surface area contributed by atoms with Crippen LogP contribution in [0.3, 0.4) is 0 Å². The van der Waals surface area contributed by atoms with Crippen LogP contribution in [0.5, 0.6) is 0 Å². The summed E-state index contributed by atoms with van der Waals surface area (Å²) in [6.45, 7) is 3.29. The number of hydrogen-bond donors (Lipinski definition) is 1. The number of hydrogen-bond acceptors (Lipinski definition) is 4. The van der Waals surface area contributed by atoms with E-state index in [0.29, 0.717) is 11.2 Å². The minimum atomic E-state index is 0.674. The van der Waals surface area contributed by atoms with E-state index in [0.717, 1.165) is 12.5 Å². The fourth-order valence-corrected chi connectivity index (χ4v) is 2.47. The Morgan fingerprint density at radius 3 is 2.93 bits per heavy atom. The molecule has 14 heavy (non-hydrogen) atoms. The Hall–Kier alpha value is -0.610. The van der Waals surface area contributed by atoms with E-state index in [-0.39, 0.29) is 0 Å². The van der Waals surface area contributed by atoms with Crippen molar-refractivity contribution in [3.05, 3.63) is 11.1 Å². The molecule has 3 nitrogen and oxygen atoms in total. The fourth-order valence-electron chi connectivity index (χ4n) is 1.72. The summed E-state index contributed by atoms with van der Waals surface area (Å²) in [6, 6.07) is 0.693. The SMILES string of the molecule is CC(C1CC1)N(C)Cc1cnc(N)s1. The third kappa shape index (κ3) is 2.25. The van der Waals surface area contributed by atoms with Crippen LogP contribution in [0.25, 0.3) is 0 Å². The molecule has 1 saturated carbocycles. The molecule has 2 rings (SSSR count). The molecule has 0 aromatic carbocycles. The lowest BCUT2D eigenvalue weighted by atomic mass is 10.2. The zero-order chi connectivity index (χ0) is 10.1. The molecular weight excluding hydrogens is 194 g/mol. The Kier molecular flexibility index (Phi) is 2.74. The monoisotopic (exact) mass is 211 g/mol. The van der Waals surface area contributed by atoms with Crippen molar-refractivity contribution >= 4 is 16.5 Å². The van der Waals surface area contributed by atoms with Gasteiger partial charge in [0.15, 0.2) is 5.13 Å². The summed E-state index contributed by atoms with van der Waals surface area (Å²) < 4.78 is 0. The van der Waals surface area contributed by atoms with Gasteiger partial charge in [-0.25, -0.2) is 4.98 Å². The van der Waals surface area contributed by atoms with E-state index in [2.05, 4.69) is 23.9 Å². The second kappa shape index (κ2) is 3.87. The molecule has 0 amide bonds. The van der Waals surface area contributed by atoms with Crippen LogP contribution in [0.4, 0.5) is 5.13 Å². The molecule has 1 atom stereocenters. The summed E-state index contributed by atoms with van der Waals surface area (Å²) in [7, 11) is 2.18. The van der Waals surface area contributed by atoms with Crippen LogP contribution in [0.1, 0.15) is 24.6 Å². The van der Waals surface area contributed by atoms with Gasteiger partial charge in [0, 0.05) is 23.7 Å². The smallest absolute Gasteiger partial charge is 0.180 e. The van der Waals surface area contributed by atoms with Crippen molar-refractivity contribution in [3.63, 3.8) is 0 Å². The van der Waals surface area contributed by atoms with Crippen molar-refractivity contribution in [2.45, 2.75) is 32.4 Å². The van der Waals surface area contributed by atoms with Gasteiger partial charge in [-0.1, -0.05) is 0 Å². The molecule has 4 heteroatoms. The second-order valence-corrected chi connectivity index (χ2v) is 5.30. The van der Waals surface area contributed by atoms with Crippen LogP contribution < -0.4 is 5.73 Å². The van der Waals surface area contributed by atoms with E-state index in [1.54, 1.807) is 11.3 Å². The zero-order valence-electron chi connectivity index (χ0n) is 8.73. The van der Waals surface area contributed by atoms with E-state index < -0.39 is 0 Å². The summed E-state index contributed by atoms with van der Waals surface area (Å²) in [4.78, 5) is 7.71. The van der Waals surface area contributed by atoms with Gasteiger partial charge in [-0.15, -0.1) is 11.3 Å². The molecule has 1 aromatic heterocycles. The fraction of sp³-hybridized carbons (Fsp3) is 0.700. The minimum Gasteiger partial charge on any atom is -0.375 e. The predicted molar refractivity (Wildman–Crippen MR) is 60.2 cm³/mol. The van der Waals surface area contributed by atoms with Gasteiger partial charge in [0.1, 0.15) is 0 Å². The highest BCUT2D eigenvalue weighted by Gasteiger charge is 2.30. The van der Waals surface area contributed by atoms with Gasteiger partial charge >= 0.3 is 0 Å². The van der Waals surface area contributed by atoms with Gasteiger partial charge < -0.3 is 5.73 Å². The first-order valence-corrected chi connectivity index (χ1v) is 5.89. The van der Waals surface area contributed by atoms with Crippen molar-refractivity contribution in [2.75, 3.05) is 12.8 Å². The lowest BCUT2D eigenvalue weighted by Gasteiger charge is -2.23. The summed E-state index contributed by atoms with van der Waals surface area (Å²) in [5.41, 5.74) is 5.59. The van der Waals surface area contributed by atoms with Crippen molar-refractivity contribution < 1.29 is 0 Å². The largest absolute Gasteiger partial charge is 0.375 e. The third-order valence-electron chi connectivity index (χ3n) is 2.98. The van der Waals surface area contributed by atoms with Gasteiger partial charge in [-0.05, 0) is 32.7 Å². The molecule has 0 radical (unpaired) electrons. The van der Waals surface area contributed by atoms with E-state index in [4.69, 9.17) is 5.73 Å². The van der Waals surface area contributed by atoms with Crippen molar-refractivity contribution in [1.82, 2.24) is 9.88 Å². The number of anilines is 1. The van der Waals surface area contributed by atoms with Gasteiger partial charge in [0.25, 0.3) is 0 Å². The zero-order valence-corrected chi connectivity index (χ0v) is 9.55.